The Bertz CT molecular complexity index is 882. The van der Waals surface area contributed by atoms with Crippen LogP contribution in [-0.4, -0.2) is 33.2 Å². The van der Waals surface area contributed by atoms with Gasteiger partial charge in [-0.2, -0.15) is 0 Å². The molecule has 3 rings (SSSR count). The number of aromatic nitrogens is 2. The molecule has 23 heavy (non-hydrogen) atoms. The molecule has 3 N–H and O–H groups in total. The second kappa shape index (κ2) is 6.50. The summed E-state index contributed by atoms with van der Waals surface area (Å²) in [4.78, 5) is 26.9. The first kappa shape index (κ1) is 15.1. The van der Waals surface area contributed by atoms with Crippen molar-refractivity contribution in [1.29, 1.82) is 0 Å². The van der Waals surface area contributed by atoms with E-state index in [1.165, 1.54) is 10.6 Å². The molecule has 0 aliphatic rings. The Morgan fingerprint density at radius 3 is 2.83 bits per heavy atom. The van der Waals surface area contributed by atoms with Gasteiger partial charge in [0.25, 0.3) is 11.5 Å². The van der Waals surface area contributed by atoms with Gasteiger partial charge in [-0.1, -0.05) is 24.3 Å². The number of nitrogens with zero attached hydrogens (tertiary/aromatic N) is 1. The van der Waals surface area contributed by atoms with Crippen molar-refractivity contribution in [1.82, 2.24) is 14.9 Å². The fraction of sp³-hybridized carbons (Fsp3) is 0.176. The summed E-state index contributed by atoms with van der Waals surface area (Å²) in [5, 5.41) is 13.5. The molecule has 0 aliphatic heterocycles. The third-order valence-electron chi connectivity index (χ3n) is 3.64. The molecule has 0 saturated carbocycles. The van der Waals surface area contributed by atoms with Gasteiger partial charge in [0.15, 0.2) is 0 Å². The summed E-state index contributed by atoms with van der Waals surface area (Å²) >= 11 is 0. The van der Waals surface area contributed by atoms with Crippen LogP contribution in [0.3, 0.4) is 0 Å². The van der Waals surface area contributed by atoms with Crippen LogP contribution >= 0.6 is 0 Å². The number of carbonyl (C=O) groups excluding carboxylic acids is 1. The van der Waals surface area contributed by atoms with Crippen molar-refractivity contribution in [2.75, 3.05) is 6.54 Å². The van der Waals surface area contributed by atoms with Crippen LogP contribution in [0, 0.1) is 0 Å². The van der Waals surface area contributed by atoms with Crippen LogP contribution < -0.4 is 10.9 Å². The fourth-order valence-electron chi connectivity index (χ4n) is 2.47. The van der Waals surface area contributed by atoms with E-state index in [9.17, 15) is 14.7 Å². The number of aliphatic hydroxyl groups is 1. The summed E-state index contributed by atoms with van der Waals surface area (Å²) in [5.41, 5.74) is 1.23. The van der Waals surface area contributed by atoms with Crippen molar-refractivity contribution in [3.8, 4) is 0 Å². The Balaban J connectivity index is 1.63. The Morgan fingerprint density at radius 1 is 1.22 bits per heavy atom. The first-order valence-corrected chi connectivity index (χ1v) is 7.33. The first-order chi connectivity index (χ1) is 11.1. The highest BCUT2D eigenvalue weighted by molar-refractivity contribution is 6.06. The average molecular weight is 311 g/mol. The van der Waals surface area contributed by atoms with E-state index in [1.807, 2.05) is 24.3 Å². The fourth-order valence-corrected chi connectivity index (χ4v) is 2.47. The lowest BCUT2D eigenvalue weighted by Gasteiger charge is -2.13. The van der Waals surface area contributed by atoms with Gasteiger partial charge < -0.3 is 20.0 Å². The van der Waals surface area contributed by atoms with Gasteiger partial charge in [-0.05, 0) is 12.1 Å². The summed E-state index contributed by atoms with van der Waals surface area (Å²) in [6, 6.07) is 12.3. The molecule has 6 heteroatoms. The van der Waals surface area contributed by atoms with Crippen LogP contribution in [0.5, 0.6) is 0 Å². The number of benzene rings is 1. The largest absolute Gasteiger partial charge is 0.389 e. The van der Waals surface area contributed by atoms with Crippen LogP contribution in [0.15, 0.2) is 59.7 Å². The van der Waals surface area contributed by atoms with E-state index >= 15 is 0 Å². The van der Waals surface area contributed by atoms with Gasteiger partial charge in [-0.15, -0.1) is 0 Å². The Labute approximate surface area is 132 Å². The second-order valence-corrected chi connectivity index (χ2v) is 5.30. The average Bonchev–Trinajstić information content (AvgIpc) is 2.99. The predicted molar refractivity (Wildman–Crippen MR) is 87.3 cm³/mol. The number of fused-ring (bicyclic) bond motifs is 1. The number of hydrogen-bond donors (Lipinski definition) is 3. The summed E-state index contributed by atoms with van der Waals surface area (Å²) in [6.45, 7) is 0.202. The smallest absolute Gasteiger partial charge is 0.253 e. The van der Waals surface area contributed by atoms with Crippen molar-refractivity contribution in [3.63, 3.8) is 0 Å². The molecule has 2 aromatic heterocycles. The SMILES string of the molecule is O=C(NCC(O)Cn1ccccc1=O)c1c[nH]c2ccccc12. The molecule has 0 aliphatic carbocycles. The van der Waals surface area contributed by atoms with Crippen molar-refractivity contribution in [2.45, 2.75) is 12.6 Å². The quantitative estimate of drug-likeness (QED) is 0.660. The van der Waals surface area contributed by atoms with Crippen LogP contribution in [-0.2, 0) is 6.54 Å². The van der Waals surface area contributed by atoms with Gasteiger partial charge in [-0.3, -0.25) is 9.59 Å². The van der Waals surface area contributed by atoms with Crippen molar-refractivity contribution in [2.24, 2.45) is 0 Å². The van der Waals surface area contributed by atoms with Crippen LogP contribution in [0.4, 0.5) is 0 Å². The lowest BCUT2D eigenvalue weighted by molar-refractivity contribution is 0.0905. The number of pyridine rings is 1. The number of H-pyrrole nitrogens is 1. The molecule has 0 bridgehead atoms. The van der Waals surface area contributed by atoms with Gasteiger partial charge >= 0.3 is 0 Å². The minimum Gasteiger partial charge on any atom is -0.389 e. The van der Waals surface area contributed by atoms with Gasteiger partial charge in [-0.25, -0.2) is 0 Å². The zero-order chi connectivity index (χ0) is 16.2. The van der Waals surface area contributed by atoms with Gasteiger partial charge in [0.2, 0.25) is 0 Å². The van der Waals surface area contributed by atoms with Crippen molar-refractivity contribution >= 4 is 16.8 Å². The summed E-state index contributed by atoms with van der Waals surface area (Å²) in [7, 11) is 0. The molecular weight excluding hydrogens is 294 g/mol. The Kier molecular flexibility index (Phi) is 4.25. The molecule has 0 radical (unpaired) electrons. The number of amides is 1. The highest BCUT2D eigenvalue weighted by Crippen LogP contribution is 2.17. The van der Waals surface area contributed by atoms with Gasteiger partial charge in [0, 0.05) is 35.9 Å². The second-order valence-electron chi connectivity index (χ2n) is 5.30. The summed E-state index contributed by atoms with van der Waals surface area (Å²) in [5.74, 6) is -0.262. The van der Waals surface area contributed by atoms with Gasteiger partial charge in [0.1, 0.15) is 0 Å². The number of para-hydroxylation sites is 1. The number of hydrogen-bond acceptors (Lipinski definition) is 3. The van der Waals surface area contributed by atoms with Gasteiger partial charge in [0.05, 0.1) is 18.2 Å². The predicted octanol–water partition coefficient (Wildman–Crippen LogP) is 1.12. The number of aliphatic hydroxyl groups excluding tert-OH is 1. The third-order valence-corrected chi connectivity index (χ3v) is 3.64. The summed E-state index contributed by atoms with van der Waals surface area (Å²) < 4.78 is 1.41. The first-order valence-electron chi connectivity index (χ1n) is 7.33. The molecule has 3 aromatic rings. The molecule has 1 amide bonds. The lowest BCUT2D eigenvalue weighted by atomic mass is 10.1. The maximum atomic E-state index is 12.2. The normalized spacial score (nSPS) is 12.2. The van der Waals surface area contributed by atoms with Crippen molar-refractivity contribution < 1.29 is 9.90 Å². The number of aromatic amines is 1. The Morgan fingerprint density at radius 2 is 2.00 bits per heavy atom. The highest BCUT2D eigenvalue weighted by Gasteiger charge is 2.13. The maximum absolute atomic E-state index is 12.2. The van der Waals surface area contributed by atoms with E-state index < -0.39 is 6.10 Å². The number of rotatable bonds is 5. The highest BCUT2D eigenvalue weighted by atomic mass is 16.3. The lowest BCUT2D eigenvalue weighted by Crippen LogP contribution is -2.36. The van der Waals surface area contributed by atoms with Crippen LogP contribution in [0.2, 0.25) is 0 Å². The van der Waals surface area contributed by atoms with E-state index in [0.717, 1.165) is 10.9 Å². The minimum atomic E-state index is -0.843. The molecule has 0 fully saturated rings. The molecule has 1 unspecified atom stereocenters. The zero-order valence-corrected chi connectivity index (χ0v) is 12.4. The molecular formula is C17H17N3O3. The monoisotopic (exact) mass is 311 g/mol. The topological polar surface area (TPSA) is 87.1 Å². The van der Waals surface area contributed by atoms with Crippen LogP contribution in [0.1, 0.15) is 10.4 Å². The van der Waals surface area contributed by atoms with E-state index in [4.69, 9.17) is 0 Å². The van der Waals surface area contributed by atoms with E-state index in [0.29, 0.717) is 5.56 Å². The van der Waals surface area contributed by atoms with E-state index in [-0.39, 0.29) is 24.6 Å². The Hall–Kier alpha value is -2.86. The molecule has 1 atom stereocenters. The molecule has 118 valence electrons. The molecule has 2 heterocycles. The third kappa shape index (κ3) is 3.32. The zero-order valence-electron chi connectivity index (χ0n) is 12.4. The minimum absolute atomic E-state index is 0.0691. The molecule has 6 nitrogen and oxygen atoms in total. The number of nitrogens with one attached hydrogen (secondary N) is 2. The maximum Gasteiger partial charge on any atom is 0.253 e. The van der Waals surface area contributed by atoms with E-state index in [2.05, 4.69) is 10.3 Å². The molecule has 0 saturated heterocycles. The molecule has 1 aromatic carbocycles. The number of carbonyl (C=O) groups is 1. The molecule has 0 spiro atoms. The summed E-state index contributed by atoms with van der Waals surface area (Å²) in [6.07, 6.45) is 2.41. The van der Waals surface area contributed by atoms with E-state index in [1.54, 1.807) is 24.5 Å². The van der Waals surface area contributed by atoms with Crippen LogP contribution in [0.25, 0.3) is 10.9 Å². The van der Waals surface area contributed by atoms with Crippen molar-refractivity contribution in [3.05, 3.63) is 70.8 Å². The standard InChI is InChI=1S/C17H17N3O3/c21-12(11-20-8-4-3-7-16(20)22)9-19-17(23)14-10-18-15-6-2-1-5-13(14)15/h1-8,10,12,18,21H,9,11H2,(H,19,23).